The number of nitrogens with zero attached hydrogens (tertiary/aromatic N) is 1. The lowest BCUT2D eigenvalue weighted by Gasteiger charge is -2.31. The van der Waals surface area contributed by atoms with E-state index in [-0.39, 0.29) is 18.6 Å². The van der Waals surface area contributed by atoms with E-state index in [1.165, 1.54) is 6.07 Å². The van der Waals surface area contributed by atoms with Crippen LogP contribution in [-0.2, 0) is 16.1 Å². The summed E-state index contributed by atoms with van der Waals surface area (Å²) in [4.78, 5) is 14.4. The van der Waals surface area contributed by atoms with Crippen molar-refractivity contribution in [3.8, 4) is 0 Å². The average Bonchev–Trinajstić information content (AvgIpc) is 2.67. The Morgan fingerprint density at radius 2 is 1.96 bits per heavy atom. The van der Waals surface area contributed by atoms with Crippen molar-refractivity contribution in [2.24, 2.45) is 0 Å². The number of hydrogen-bond donors (Lipinski definition) is 1. The lowest BCUT2D eigenvalue weighted by molar-refractivity contribution is -0.118. The minimum Gasteiger partial charge on any atom is -0.373 e. The molecule has 0 radical (unpaired) electrons. The highest BCUT2D eigenvalue weighted by atomic mass is 35.5. The van der Waals surface area contributed by atoms with E-state index in [9.17, 15) is 13.6 Å². The molecule has 0 unspecified atom stereocenters. The number of carbonyl (C=O) groups excluding carboxylic acids is 1. The highest BCUT2D eigenvalue weighted by molar-refractivity contribution is 6.31. The Labute approximate surface area is 168 Å². The molecule has 7 heteroatoms. The van der Waals surface area contributed by atoms with E-state index in [4.69, 9.17) is 16.3 Å². The third kappa shape index (κ3) is 5.50. The van der Waals surface area contributed by atoms with E-state index in [1.54, 1.807) is 12.1 Å². The van der Waals surface area contributed by atoms with Crippen LogP contribution in [0.3, 0.4) is 0 Å². The van der Waals surface area contributed by atoms with Crippen molar-refractivity contribution in [3.63, 3.8) is 0 Å². The van der Waals surface area contributed by atoms with Gasteiger partial charge in [0.2, 0.25) is 5.91 Å². The van der Waals surface area contributed by atoms with Gasteiger partial charge in [-0.05, 0) is 55.2 Å². The predicted octanol–water partition coefficient (Wildman–Crippen LogP) is 4.55. The largest absolute Gasteiger partial charge is 0.373 e. The second kappa shape index (κ2) is 9.45. The number of likely N-dealkylation sites (tertiary alicyclic amines) is 1. The van der Waals surface area contributed by atoms with Crippen LogP contribution in [0.1, 0.15) is 24.0 Å². The maximum Gasteiger partial charge on any atom is 0.238 e. The van der Waals surface area contributed by atoms with E-state index >= 15 is 0 Å². The smallest absolute Gasteiger partial charge is 0.238 e. The van der Waals surface area contributed by atoms with Crippen molar-refractivity contribution < 1.29 is 18.3 Å². The maximum absolute atomic E-state index is 13.2. The SMILES string of the molecule is Cc1c(Cl)cccc1NC(=O)CN1CCC(OCc2ccc(F)c(F)c2)CC1. The number of rotatable bonds is 6. The molecule has 1 saturated heterocycles. The Kier molecular flexibility index (Phi) is 6.99. The minimum absolute atomic E-state index is 0.0441. The number of amides is 1. The monoisotopic (exact) mass is 408 g/mol. The zero-order chi connectivity index (χ0) is 20.1. The van der Waals surface area contributed by atoms with Gasteiger partial charge in [-0.2, -0.15) is 0 Å². The van der Waals surface area contributed by atoms with Crippen LogP contribution in [-0.4, -0.2) is 36.5 Å². The topological polar surface area (TPSA) is 41.6 Å². The quantitative estimate of drug-likeness (QED) is 0.762. The molecule has 0 aromatic heterocycles. The molecule has 3 rings (SSSR count). The number of carbonyl (C=O) groups is 1. The fourth-order valence-corrected chi connectivity index (χ4v) is 3.39. The number of benzene rings is 2. The van der Waals surface area contributed by atoms with Gasteiger partial charge in [0, 0.05) is 23.8 Å². The van der Waals surface area contributed by atoms with E-state index < -0.39 is 11.6 Å². The maximum atomic E-state index is 13.2. The molecule has 28 heavy (non-hydrogen) atoms. The Hall–Kier alpha value is -2.02. The van der Waals surface area contributed by atoms with Crippen LogP contribution in [0.15, 0.2) is 36.4 Å². The lowest BCUT2D eigenvalue weighted by atomic mass is 10.1. The molecule has 1 N–H and O–H groups in total. The number of anilines is 1. The molecule has 0 atom stereocenters. The zero-order valence-electron chi connectivity index (χ0n) is 15.7. The number of piperidine rings is 1. The van der Waals surface area contributed by atoms with Crippen molar-refractivity contribution in [1.29, 1.82) is 0 Å². The van der Waals surface area contributed by atoms with E-state index in [1.807, 2.05) is 13.0 Å². The normalized spacial score (nSPS) is 15.6. The standard InChI is InChI=1S/C21H23ClF2N2O2/c1-14-17(22)3-2-4-20(14)25-21(27)12-26-9-7-16(8-10-26)28-13-15-5-6-18(23)19(24)11-15/h2-6,11,16H,7-10,12-13H2,1H3,(H,25,27). The van der Waals surface area contributed by atoms with Crippen molar-refractivity contribution in [1.82, 2.24) is 4.90 Å². The highest BCUT2D eigenvalue weighted by Gasteiger charge is 2.21. The van der Waals surface area contributed by atoms with Crippen LogP contribution in [0.2, 0.25) is 5.02 Å². The van der Waals surface area contributed by atoms with Crippen molar-refractivity contribution in [2.45, 2.75) is 32.5 Å². The van der Waals surface area contributed by atoms with Gasteiger partial charge in [-0.25, -0.2) is 8.78 Å². The molecule has 0 aliphatic carbocycles. The van der Waals surface area contributed by atoms with Crippen molar-refractivity contribution in [3.05, 3.63) is 64.2 Å². The van der Waals surface area contributed by atoms with Gasteiger partial charge in [-0.15, -0.1) is 0 Å². The molecular formula is C21H23ClF2N2O2. The molecule has 2 aromatic rings. The number of nitrogens with one attached hydrogen (secondary N) is 1. The number of ether oxygens (including phenoxy) is 1. The van der Waals surface area contributed by atoms with Gasteiger partial charge in [0.15, 0.2) is 11.6 Å². The predicted molar refractivity (Wildman–Crippen MR) is 105 cm³/mol. The molecule has 1 fully saturated rings. The summed E-state index contributed by atoms with van der Waals surface area (Å²) in [5, 5.41) is 3.53. The number of halogens is 3. The molecule has 1 heterocycles. The Bertz CT molecular complexity index is 839. The summed E-state index contributed by atoms with van der Waals surface area (Å²) in [6.45, 7) is 3.90. The van der Waals surface area contributed by atoms with E-state index in [0.717, 1.165) is 49.3 Å². The van der Waals surface area contributed by atoms with Crippen molar-refractivity contribution >= 4 is 23.2 Å². The van der Waals surface area contributed by atoms with Gasteiger partial charge in [0.05, 0.1) is 19.3 Å². The van der Waals surface area contributed by atoms with Gasteiger partial charge in [-0.1, -0.05) is 23.7 Å². The first kappa shape index (κ1) is 20.7. The van der Waals surface area contributed by atoms with Crippen LogP contribution in [0.4, 0.5) is 14.5 Å². The first-order chi connectivity index (χ1) is 13.4. The van der Waals surface area contributed by atoms with Gasteiger partial charge in [0.25, 0.3) is 0 Å². The summed E-state index contributed by atoms with van der Waals surface area (Å²) in [6, 6.07) is 9.22. The Balaban J connectivity index is 1.41. The first-order valence-corrected chi connectivity index (χ1v) is 9.63. The molecule has 0 saturated carbocycles. The van der Waals surface area contributed by atoms with Crippen LogP contribution in [0.5, 0.6) is 0 Å². The van der Waals surface area contributed by atoms with E-state index in [2.05, 4.69) is 10.2 Å². The summed E-state index contributed by atoms with van der Waals surface area (Å²) >= 11 is 6.08. The third-order valence-corrected chi connectivity index (χ3v) is 5.32. The highest BCUT2D eigenvalue weighted by Crippen LogP contribution is 2.23. The molecular weight excluding hydrogens is 386 g/mol. The molecule has 1 aliphatic heterocycles. The van der Waals surface area contributed by atoms with Crippen molar-refractivity contribution in [2.75, 3.05) is 25.0 Å². The van der Waals surface area contributed by atoms with Gasteiger partial charge in [-0.3, -0.25) is 9.69 Å². The fraction of sp³-hybridized carbons (Fsp3) is 0.381. The van der Waals surface area contributed by atoms with Gasteiger partial charge < -0.3 is 10.1 Å². The second-order valence-corrected chi connectivity index (χ2v) is 7.40. The Morgan fingerprint density at radius 3 is 2.68 bits per heavy atom. The zero-order valence-corrected chi connectivity index (χ0v) is 16.4. The van der Waals surface area contributed by atoms with Crippen LogP contribution >= 0.6 is 11.6 Å². The summed E-state index contributed by atoms with van der Waals surface area (Å²) in [6.07, 6.45) is 1.61. The first-order valence-electron chi connectivity index (χ1n) is 9.25. The minimum atomic E-state index is -0.864. The lowest BCUT2D eigenvalue weighted by Crippen LogP contribution is -2.41. The molecule has 0 spiro atoms. The van der Waals surface area contributed by atoms with Gasteiger partial charge in [0.1, 0.15) is 0 Å². The average molecular weight is 409 g/mol. The summed E-state index contributed by atoms with van der Waals surface area (Å²) < 4.78 is 32.0. The molecule has 4 nitrogen and oxygen atoms in total. The Morgan fingerprint density at radius 1 is 1.21 bits per heavy atom. The number of hydrogen-bond acceptors (Lipinski definition) is 3. The molecule has 1 aliphatic rings. The fourth-order valence-electron chi connectivity index (χ4n) is 3.21. The summed E-state index contributed by atoms with van der Waals surface area (Å²) in [5.74, 6) is -1.80. The molecule has 150 valence electrons. The van der Waals surface area contributed by atoms with E-state index in [0.29, 0.717) is 17.1 Å². The molecule has 0 bridgehead atoms. The third-order valence-electron chi connectivity index (χ3n) is 4.91. The second-order valence-electron chi connectivity index (χ2n) is 7.00. The van der Waals surface area contributed by atoms with Gasteiger partial charge >= 0.3 is 0 Å². The molecule has 1 amide bonds. The summed E-state index contributed by atoms with van der Waals surface area (Å²) in [7, 11) is 0. The summed E-state index contributed by atoms with van der Waals surface area (Å²) in [5.41, 5.74) is 2.18. The van der Waals surface area contributed by atoms with Crippen LogP contribution in [0, 0.1) is 18.6 Å². The van der Waals surface area contributed by atoms with Crippen LogP contribution in [0.25, 0.3) is 0 Å². The van der Waals surface area contributed by atoms with Crippen LogP contribution < -0.4 is 5.32 Å². The molecule has 2 aromatic carbocycles.